The quantitative estimate of drug-likeness (QED) is 0.884. The van der Waals surface area contributed by atoms with Crippen LogP contribution in [0.1, 0.15) is 34.5 Å². The first-order chi connectivity index (χ1) is 10.1. The second-order valence-electron chi connectivity index (χ2n) is 4.88. The van der Waals surface area contributed by atoms with E-state index in [1.54, 1.807) is 7.11 Å². The van der Waals surface area contributed by atoms with Crippen LogP contribution in [0.3, 0.4) is 0 Å². The molecule has 2 aromatic carbocycles. The van der Waals surface area contributed by atoms with Crippen molar-refractivity contribution in [3.8, 4) is 0 Å². The maximum absolute atomic E-state index is 12.2. The fraction of sp³-hybridized carbons (Fsp3) is 0.235. The molecule has 0 fully saturated rings. The molecule has 0 saturated heterocycles. The molecule has 0 aliphatic carbocycles. The maximum atomic E-state index is 12.2. The summed E-state index contributed by atoms with van der Waals surface area (Å²) in [5.41, 5.74) is 2.76. The Hall–Kier alpha value is -1.65. The van der Waals surface area contributed by atoms with Crippen molar-refractivity contribution in [3.63, 3.8) is 0 Å². The van der Waals surface area contributed by atoms with Gasteiger partial charge in [0.1, 0.15) is 0 Å². The number of amides is 1. The summed E-state index contributed by atoms with van der Waals surface area (Å²) in [7, 11) is 1.65. The van der Waals surface area contributed by atoms with Crippen LogP contribution in [0.5, 0.6) is 0 Å². The van der Waals surface area contributed by atoms with E-state index in [9.17, 15) is 4.79 Å². The Morgan fingerprint density at radius 3 is 2.57 bits per heavy atom. The van der Waals surface area contributed by atoms with E-state index in [0.29, 0.717) is 12.2 Å². The Bertz CT molecular complexity index is 610. The third-order valence-electron chi connectivity index (χ3n) is 3.22. The Labute approximate surface area is 133 Å². The van der Waals surface area contributed by atoms with Crippen LogP contribution in [0.2, 0.25) is 0 Å². The number of hydrogen-bond donors (Lipinski definition) is 1. The van der Waals surface area contributed by atoms with E-state index in [1.807, 2.05) is 55.5 Å². The Kier molecular flexibility index (Phi) is 5.53. The molecule has 0 aliphatic heterocycles. The predicted octanol–water partition coefficient (Wildman–Crippen LogP) is 4.09. The Morgan fingerprint density at radius 2 is 1.95 bits per heavy atom. The second-order valence-corrected chi connectivity index (χ2v) is 5.80. The number of halogens is 1. The normalized spacial score (nSPS) is 12.0. The fourth-order valence-corrected chi connectivity index (χ4v) is 2.48. The van der Waals surface area contributed by atoms with Gasteiger partial charge in [0.05, 0.1) is 12.6 Å². The molecule has 0 spiro atoms. The molecule has 0 aliphatic rings. The third kappa shape index (κ3) is 4.41. The molecule has 1 atom stereocenters. The van der Waals surface area contributed by atoms with Crippen LogP contribution in [0.15, 0.2) is 53.0 Å². The summed E-state index contributed by atoms with van der Waals surface area (Å²) in [6, 6.07) is 15.3. The standard InChI is InChI=1S/C17H18BrNO2/c1-12(15-4-3-5-16(18)10-15)19-17(20)14-8-6-13(7-9-14)11-21-2/h3-10,12H,11H2,1-2H3,(H,19,20). The van der Waals surface area contributed by atoms with Crippen LogP contribution < -0.4 is 5.32 Å². The zero-order chi connectivity index (χ0) is 15.2. The van der Waals surface area contributed by atoms with Crippen LogP contribution in [0.25, 0.3) is 0 Å². The van der Waals surface area contributed by atoms with Gasteiger partial charge >= 0.3 is 0 Å². The molecular weight excluding hydrogens is 330 g/mol. The van der Waals surface area contributed by atoms with Gasteiger partial charge in [-0.3, -0.25) is 4.79 Å². The van der Waals surface area contributed by atoms with Gasteiger partial charge in [-0.1, -0.05) is 40.2 Å². The summed E-state index contributed by atoms with van der Waals surface area (Å²) >= 11 is 3.44. The summed E-state index contributed by atoms with van der Waals surface area (Å²) in [5.74, 6) is -0.0774. The number of ether oxygens (including phenoxy) is 1. The molecule has 3 nitrogen and oxygen atoms in total. The molecule has 110 valence electrons. The van der Waals surface area contributed by atoms with E-state index >= 15 is 0 Å². The molecule has 1 amide bonds. The largest absolute Gasteiger partial charge is 0.380 e. The minimum absolute atomic E-state index is 0.0475. The first kappa shape index (κ1) is 15.7. The zero-order valence-corrected chi connectivity index (χ0v) is 13.7. The minimum Gasteiger partial charge on any atom is -0.380 e. The van der Waals surface area contributed by atoms with Gasteiger partial charge in [-0.2, -0.15) is 0 Å². The third-order valence-corrected chi connectivity index (χ3v) is 3.72. The van der Waals surface area contributed by atoms with Gasteiger partial charge in [0.25, 0.3) is 5.91 Å². The number of carbonyl (C=O) groups is 1. The van der Waals surface area contributed by atoms with Crippen molar-refractivity contribution in [2.75, 3.05) is 7.11 Å². The molecule has 0 bridgehead atoms. The second kappa shape index (κ2) is 7.38. The highest BCUT2D eigenvalue weighted by atomic mass is 79.9. The predicted molar refractivity (Wildman–Crippen MR) is 87.2 cm³/mol. The summed E-state index contributed by atoms with van der Waals surface area (Å²) in [5, 5.41) is 3.00. The fourth-order valence-electron chi connectivity index (χ4n) is 2.06. The van der Waals surface area contributed by atoms with Crippen molar-refractivity contribution in [2.24, 2.45) is 0 Å². The molecule has 0 heterocycles. The number of methoxy groups -OCH3 is 1. The van der Waals surface area contributed by atoms with Crippen LogP contribution in [-0.2, 0) is 11.3 Å². The Morgan fingerprint density at radius 1 is 1.24 bits per heavy atom. The SMILES string of the molecule is COCc1ccc(C(=O)NC(C)c2cccc(Br)c2)cc1. The van der Waals surface area contributed by atoms with Crippen LogP contribution in [0, 0.1) is 0 Å². The van der Waals surface area contributed by atoms with E-state index in [1.165, 1.54) is 0 Å². The average molecular weight is 348 g/mol. The lowest BCUT2D eigenvalue weighted by molar-refractivity contribution is 0.0940. The monoisotopic (exact) mass is 347 g/mol. The number of nitrogens with one attached hydrogen (secondary N) is 1. The van der Waals surface area contributed by atoms with Crippen molar-refractivity contribution in [1.29, 1.82) is 0 Å². The first-order valence-electron chi connectivity index (χ1n) is 6.74. The zero-order valence-electron chi connectivity index (χ0n) is 12.1. The van der Waals surface area contributed by atoms with Gasteiger partial charge in [0, 0.05) is 17.1 Å². The molecular formula is C17H18BrNO2. The van der Waals surface area contributed by atoms with Crippen LogP contribution in [-0.4, -0.2) is 13.0 Å². The number of hydrogen-bond acceptors (Lipinski definition) is 2. The maximum Gasteiger partial charge on any atom is 0.251 e. The van der Waals surface area contributed by atoms with E-state index in [2.05, 4.69) is 21.2 Å². The van der Waals surface area contributed by atoms with Gasteiger partial charge < -0.3 is 10.1 Å². The van der Waals surface area contributed by atoms with Gasteiger partial charge in [-0.15, -0.1) is 0 Å². The van der Waals surface area contributed by atoms with Gasteiger partial charge in [-0.25, -0.2) is 0 Å². The molecule has 0 radical (unpaired) electrons. The summed E-state index contributed by atoms with van der Waals surface area (Å²) in [6.45, 7) is 2.52. The average Bonchev–Trinajstić information content (AvgIpc) is 2.48. The topological polar surface area (TPSA) is 38.3 Å². The van der Waals surface area contributed by atoms with Gasteiger partial charge in [0.2, 0.25) is 0 Å². The van der Waals surface area contributed by atoms with Crippen LogP contribution in [0.4, 0.5) is 0 Å². The van der Waals surface area contributed by atoms with E-state index in [0.717, 1.165) is 15.6 Å². The van der Waals surface area contributed by atoms with Crippen LogP contribution >= 0.6 is 15.9 Å². The smallest absolute Gasteiger partial charge is 0.251 e. The number of benzene rings is 2. The van der Waals surface area contributed by atoms with Crippen molar-refractivity contribution in [1.82, 2.24) is 5.32 Å². The molecule has 0 aromatic heterocycles. The molecule has 1 unspecified atom stereocenters. The molecule has 21 heavy (non-hydrogen) atoms. The lowest BCUT2D eigenvalue weighted by Crippen LogP contribution is -2.26. The first-order valence-corrected chi connectivity index (χ1v) is 7.53. The van der Waals surface area contributed by atoms with Crippen molar-refractivity contribution >= 4 is 21.8 Å². The molecule has 2 rings (SSSR count). The highest BCUT2D eigenvalue weighted by Crippen LogP contribution is 2.18. The molecule has 2 aromatic rings. The van der Waals surface area contributed by atoms with E-state index in [4.69, 9.17) is 4.74 Å². The minimum atomic E-state index is -0.0774. The molecule has 1 N–H and O–H groups in total. The van der Waals surface area contributed by atoms with Crippen molar-refractivity contribution in [2.45, 2.75) is 19.6 Å². The Balaban J connectivity index is 2.03. The summed E-state index contributed by atoms with van der Waals surface area (Å²) in [4.78, 5) is 12.2. The number of rotatable bonds is 5. The van der Waals surface area contributed by atoms with Crippen molar-refractivity contribution in [3.05, 3.63) is 69.7 Å². The molecule has 0 saturated carbocycles. The number of carbonyl (C=O) groups excluding carboxylic acids is 1. The lowest BCUT2D eigenvalue weighted by atomic mass is 10.1. The van der Waals surface area contributed by atoms with E-state index in [-0.39, 0.29) is 11.9 Å². The summed E-state index contributed by atoms with van der Waals surface area (Å²) in [6.07, 6.45) is 0. The van der Waals surface area contributed by atoms with Gasteiger partial charge in [-0.05, 0) is 42.3 Å². The summed E-state index contributed by atoms with van der Waals surface area (Å²) < 4.78 is 6.06. The highest BCUT2D eigenvalue weighted by molar-refractivity contribution is 9.10. The lowest BCUT2D eigenvalue weighted by Gasteiger charge is -2.15. The van der Waals surface area contributed by atoms with E-state index < -0.39 is 0 Å². The highest BCUT2D eigenvalue weighted by Gasteiger charge is 2.11. The van der Waals surface area contributed by atoms with Crippen molar-refractivity contribution < 1.29 is 9.53 Å². The van der Waals surface area contributed by atoms with Gasteiger partial charge in [0.15, 0.2) is 0 Å². The molecule has 4 heteroatoms.